The Hall–Kier alpha value is -9.36. The van der Waals surface area contributed by atoms with E-state index in [-0.39, 0.29) is 0 Å². The molecule has 0 radical (unpaired) electrons. The Morgan fingerprint density at radius 3 is 1.40 bits per heavy atom. The topological polar surface area (TPSA) is 75.5 Å². The van der Waals surface area contributed by atoms with Crippen molar-refractivity contribution in [3.05, 3.63) is 211 Å². The summed E-state index contributed by atoms with van der Waals surface area (Å²) in [7, 11) is 0. The minimum Gasteiger partial charge on any atom is -0.456 e. The first kappa shape index (κ1) is 37.1. The number of hydrogen-bond acceptors (Lipinski definition) is 3. The smallest absolute Gasteiger partial charge is 0.137 e. The first-order valence-corrected chi connectivity index (χ1v) is 22.5. The molecule has 310 valence electrons. The van der Waals surface area contributed by atoms with Gasteiger partial charge < -0.3 is 18.1 Å². The van der Waals surface area contributed by atoms with Crippen LogP contribution < -0.4 is 0 Å². The fourth-order valence-corrected chi connectivity index (χ4v) is 11.2. The Kier molecular flexibility index (Phi) is 7.64. The van der Waals surface area contributed by atoms with Gasteiger partial charge >= 0.3 is 0 Å². The van der Waals surface area contributed by atoms with E-state index < -0.39 is 0 Å². The van der Waals surface area contributed by atoms with Crippen LogP contribution in [0.25, 0.3) is 126 Å². The largest absolute Gasteiger partial charge is 0.456 e. The van der Waals surface area contributed by atoms with Crippen molar-refractivity contribution in [3.8, 4) is 40.3 Å². The molecule has 6 nitrogen and oxygen atoms in total. The number of para-hydroxylation sites is 5. The second-order valence-electron chi connectivity index (χ2n) is 17.5. The third-order valence-electron chi connectivity index (χ3n) is 14.0. The van der Waals surface area contributed by atoms with E-state index in [2.05, 4.69) is 209 Å². The maximum atomic E-state index is 12.2. The van der Waals surface area contributed by atoms with Crippen LogP contribution in [0.2, 0.25) is 0 Å². The van der Waals surface area contributed by atoms with Gasteiger partial charge in [-0.05, 0) is 65.7 Å². The third kappa shape index (κ3) is 5.01. The van der Waals surface area contributed by atoms with Crippen LogP contribution >= 0.6 is 0 Å². The highest BCUT2D eigenvalue weighted by molar-refractivity contribution is 6.25. The minimum absolute atomic E-state index is 0.375. The fraction of sp³-hybridized carbons (Fsp3) is 0.0164. The van der Waals surface area contributed by atoms with E-state index >= 15 is 0 Å². The van der Waals surface area contributed by atoms with Gasteiger partial charge in [-0.25, -0.2) is 0 Å². The highest BCUT2D eigenvalue weighted by Crippen LogP contribution is 2.50. The molecule has 0 amide bonds. The van der Waals surface area contributed by atoms with Crippen molar-refractivity contribution in [1.82, 2.24) is 13.7 Å². The van der Waals surface area contributed by atoms with Crippen molar-refractivity contribution >= 4 is 98.1 Å². The number of aromatic nitrogens is 3. The molecule has 0 unspecified atom stereocenters. The monoisotopic (exact) mass is 853 g/mol. The minimum atomic E-state index is 0.375. The number of aryl methyl sites for hydroxylation is 1. The maximum Gasteiger partial charge on any atom is 0.137 e. The number of hydrogen-bond donors (Lipinski definition) is 0. The number of benzene rings is 10. The zero-order valence-electron chi connectivity index (χ0n) is 36.1. The van der Waals surface area contributed by atoms with Gasteiger partial charge in [-0.3, -0.25) is 0 Å². The highest BCUT2D eigenvalue weighted by atomic mass is 16.3. The summed E-state index contributed by atoms with van der Waals surface area (Å²) >= 11 is 0. The second kappa shape index (κ2) is 13.8. The van der Waals surface area contributed by atoms with Gasteiger partial charge in [0.1, 0.15) is 34.4 Å². The predicted molar refractivity (Wildman–Crippen MR) is 274 cm³/mol. The summed E-state index contributed by atoms with van der Waals surface area (Å²) in [5.74, 6) is 0. The van der Waals surface area contributed by atoms with Gasteiger partial charge in [0, 0.05) is 54.7 Å². The van der Waals surface area contributed by atoms with Crippen molar-refractivity contribution in [2.45, 2.75) is 6.92 Å². The Morgan fingerprint density at radius 2 is 0.851 bits per heavy atom. The number of fused-ring (bicyclic) bond motifs is 14. The summed E-state index contributed by atoms with van der Waals surface area (Å²) in [4.78, 5) is 0. The summed E-state index contributed by atoms with van der Waals surface area (Å²) in [5.41, 5.74) is 12.4. The molecule has 0 saturated heterocycles. The molecule has 0 fully saturated rings. The van der Waals surface area contributed by atoms with Gasteiger partial charge in [0.05, 0.1) is 50.2 Å². The molecule has 4 aromatic heterocycles. The van der Waals surface area contributed by atoms with Crippen LogP contribution in [-0.2, 0) is 0 Å². The Morgan fingerprint density at radius 1 is 0.373 bits per heavy atom. The van der Waals surface area contributed by atoms with Gasteiger partial charge in [0.15, 0.2) is 0 Å². The SMILES string of the molecule is Cc1ccc(-c2c(-n3c4ccccc4c4ccccc43)c(C#N)c(-n3c4cc5oc6ccccc6c5cc4c4c5ccccc5ccc43)c(C#N)c2-n2c3ccccc3c3ccccc32)cc1. The normalized spacial score (nSPS) is 11.9. The van der Waals surface area contributed by atoms with Crippen LogP contribution in [0.1, 0.15) is 16.7 Å². The van der Waals surface area contributed by atoms with E-state index in [4.69, 9.17) is 4.42 Å². The number of furan rings is 1. The molecule has 10 aromatic carbocycles. The standard InChI is InChI=1S/C61H35N5O/c1-36-26-28-38(29-27-36)57-60(64-49-21-9-4-16-40(49)41-17-5-10-22-50(41)64)47(34-62)59(48(35-63)61(57)65-51-23-11-6-18-42(51)43-19-7-12-24-52(43)65)66-53-31-30-37-14-2-3-15-39(37)58(53)46-32-45-44-20-8-13-25-55(44)67-56(45)33-54(46)66/h2-33H,1H3. The van der Waals surface area contributed by atoms with E-state index in [9.17, 15) is 10.5 Å². The molecule has 6 heteroatoms. The van der Waals surface area contributed by atoms with Crippen LogP contribution in [0.5, 0.6) is 0 Å². The van der Waals surface area contributed by atoms with E-state index in [0.29, 0.717) is 28.2 Å². The lowest BCUT2D eigenvalue weighted by Gasteiger charge is -2.26. The Bertz CT molecular complexity index is 4280. The van der Waals surface area contributed by atoms with Crippen LogP contribution in [0.15, 0.2) is 199 Å². The molecule has 4 heterocycles. The molecular weight excluding hydrogens is 819 g/mol. The van der Waals surface area contributed by atoms with Gasteiger partial charge in [-0.2, -0.15) is 10.5 Å². The summed E-state index contributed by atoms with van der Waals surface area (Å²) in [6, 6.07) is 73.0. The summed E-state index contributed by atoms with van der Waals surface area (Å²) in [5, 5.41) is 34.9. The molecular formula is C61H35N5O. The maximum absolute atomic E-state index is 12.2. The molecule has 67 heavy (non-hydrogen) atoms. The van der Waals surface area contributed by atoms with E-state index in [1.807, 2.05) is 18.2 Å². The van der Waals surface area contributed by atoms with E-state index in [1.165, 1.54) is 0 Å². The van der Waals surface area contributed by atoms with E-state index in [1.54, 1.807) is 0 Å². The third-order valence-corrected chi connectivity index (χ3v) is 14.0. The van der Waals surface area contributed by atoms with Crippen molar-refractivity contribution in [3.63, 3.8) is 0 Å². The molecule has 14 aromatic rings. The lowest BCUT2D eigenvalue weighted by atomic mass is 9.91. The summed E-state index contributed by atoms with van der Waals surface area (Å²) in [6.07, 6.45) is 0. The van der Waals surface area contributed by atoms with Crippen molar-refractivity contribution in [2.75, 3.05) is 0 Å². The first-order chi connectivity index (χ1) is 33.1. The number of rotatable bonds is 4. The lowest BCUT2D eigenvalue weighted by Crippen LogP contribution is -2.14. The van der Waals surface area contributed by atoms with Gasteiger partial charge in [0.2, 0.25) is 0 Å². The average Bonchev–Trinajstić information content (AvgIpc) is 4.11. The van der Waals surface area contributed by atoms with Crippen molar-refractivity contribution in [2.24, 2.45) is 0 Å². The van der Waals surface area contributed by atoms with Gasteiger partial charge in [-0.15, -0.1) is 0 Å². The molecule has 14 rings (SSSR count). The molecule has 0 bridgehead atoms. The fourth-order valence-electron chi connectivity index (χ4n) is 11.2. The van der Waals surface area contributed by atoms with Gasteiger partial charge in [0.25, 0.3) is 0 Å². The summed E-state index contributed by atoms with van der Waals surface area (Å²) in [6.45, 7) is 2.08. The number of nitriles is 2. The van der Waals surface area contributed by atoms with Crippen molar-refractivity contribution in [1.29, 1.82) is 10.5 Å². The van der Waals surface area contributed by atoms with Crippen molar-refractivity contribution < 1.29 is 4.42 Å². The zero-order valence-corrected chi connectivity index (χ0v) is 36.1. The second-order valence-corrected chi connectivity index (χ2v) is 17.5. The zero-order chi connectivity index (χ0) is 44.5. The first-order valence-electron chi connectivity index (χ1n) is 22.5. The molecule has 0 aliphatic heterocycles. The predicted octanol–water partition coefficient (Wildman–Crippen LogP) is 15.7. The molecule has 0 spiro atoms. The molecule has 0 atom stereocenters. The van der Waals surface area contributed by atoms with Crippen LogP contribution in [-0.4, -0.2) is 13.7 Å². The van der Waals surface area contributed by atoms with Gasteiger partial charge in [-0.1, -0.05) is 151 Å². The Labute approximate surface area is 383 Å². The molecule has 0 aliphatic carbocycles. The number of nitrogens with zero attached hydrogens (tertiary/aromatic N) is 5. The van der Waals surface area contributed by atoms with Crippen LogP contribution in [0, 0.1) is 29.6 Å². The summed E-state index contributed by atoms with van der Waals surface area (Å²) < 4.78 is 13.3. The quantitative estimate of drug-likeness (QED) is 0.177. The average molecular weight is 854 g/mol. The van der Waals surface area contributed by atoms with Crippen LogP contribution in [0.3, 0.4) is 0 Å². The lowest BCUT2D eigenvalue weighted by molar-refractivity contribution is 0.669. The Balaban J connectivity index is 1.29. The van der Waals surface area contributed by atoms with Crippen LogP contribution in [0.4, 0.5) is 0 Å². The molecule has 0 N–H and O–H groups in total. The van der Waals surface area contributed by atoms with E-state index in [0.717, 1.165) is 115 Å². The highest BCUT2D eigenvalue weighted by Gasteiger charge is 2.33. The molecule has 0 aliphatic rings. The molecule has 0 saturated carbocycles.